The number of benzene rings is 1. The summed E-state index contributed by atoms with van der Waals surface area (Å²) in [6, 6.07) is 7.09. The fraction of sp³-hybridized carbons (Fsp3) is 0.474. The Labute approximate surface area is 164 Å². The van der Waals surface area contributed by atoms with E-state index in [9.17, 15) is 14.4 Å². The van der Waals surface area contributed by atoms with Crippen LogP contribution in [0.1, 0.15) is 48.9 Å². The van der Waals surface area contributed by atoms with Gasteiger partial charge in [-0.1, -0.05) is 25.0 Å². The fourth-order valence-corrected chi connectivity index (χ4v) is 3.11. The molecular formula is C19H25N3O4S. The quantitative estimate of drug-likeness (QED) is 0.592. The lowest BCUT2D eigenvalue weighted by atomic mass is 10.1. The molecule has 0 aromatic heterocycles. The number of carbonyl (C=O) groups is 3. The Bertz CT molecular complexity index is 700. The molecule has 1 fully saturated rings. The number of nitrogens with zero attached hydrogens (tertiary/aromatic N) is 1. The van der Waals surface area contributed by atoms with Crippen molar-refractivity contribution in [1.82, 2.24) is 10.2 Å². The summed E-state index contributed by atoms with van der Waals surface area (Å²) in [5.74, 6) is -0.897. The molecule has 0 saturated carbocycles. The second-order valence-electron chi connectivity index (χ2n) is 6.33. The lowest BCUT2D eigenvalue weighted by Gasteiger charge is -2.22. The van der Waals surface area contributed by atoms with Crippen LogP contribution in [0.3, 0.4) is 0 Å². The van der Waals surface area contributed by atoms with Gasteiger partial charge in [0.2, 0.25) is 5.91 Å². The van der Waals surface area contributed by atoms with E-state index in [4.69, 9.17) is 12.2 Å². The first-order valence-corrected chi connectivity index (χ1v) is 9.48. The summed E-state index contributed by atoms with van der Waals surface area (Å²) >= 11 is 5.16. The molecule has 1 aromatic rings. The van der Waals surface area contributed by atoms with E-state index in [0.717, 1.165) is 38.8 Å². The summed E-state index contributed by atoms with van der Waals surface area (Å²) in [4.78, 5) is 37.7. The van der Waals surface area contributed by atoms with Crippen LogP contribution in [0.25, 0.3) is 0 Å². The summed E-state index contributed by atoms with van der Waals surface area (Å²) in [5, 5.41) is 5.51. The van der Waals surface area contributed by atoms with Crippen LogP contribution in [0, 0.1) is 0 Å². The molecule has 2 N–H and O–H groups in total. The zero-order valence-corrected chi connectivity index (χ0v) is 16.3. The van der Waals surface area contributed by atoms with Gasteiger partial charge < -0.3 is 20.3 Å². The number of esters is 1. The van der Waals surface area contributed by atoms with Crippen molar-refractivity contribution in [3.63, 3.8) is 0 Å². The molecule has 146 valence electrons. The molecule has 1 aromatic carbocycles. The molecule has 0 aliphatic carbocycles. The van der Waals surface area contributed by atoms with Gasteiger partial charge in [0.15, 0.2) is 5.11 Å². The number of carbonyl (C=O) groups excluding carboxylic acids is 3. The first-order chi connectivity index (χ1) is 13.0. The second kappa shape index (κ2) is 10.6. The summed E-state index contributed by atoms with van der Waals surface area (Å²) < 4.78 is 4.50. The highest BCUT2D eigenvalue weighted by Gasteiger charge is 2.20. The number of likely N-dealkylation sites (tertiary alicyclic amines) is 1. The molecule has 1 saturated heterocycles. The zero-order valence-electron chi connectivity index (χ0n) is 15.5. The van der Waals surface area contributed by atoms with Gasteiger partial charge in [-0.05, 0) is 37.2 Å². The lowest BCUT2D eigenvalue weighted by molar-refractivity contribution is -0.142. The SMILES string of the molecule is COC(=O)CCC(=O)NC(=S)Nc1ccccc1C(=O)N1CCCCCC1. The molecule has 1 aliphatic heterocycles. The highest BCUT2D eigenvalue weighted by atomic mass is 32.1. The maximum absolute atomic E-state index is 12.9. The maximum atomic E-state index is 12.9. The van der Waals surface area contributed by atoms with Crippen molar-refractivity contribution < 1.29 is 19.1 Å². The molecule has 2 rings (SSSR count). The number of nitrogens with one attached hydrogen (secondary N) is 2. The molecule has 7 nitrogen and oxygen atoms in total. The summed E-state index contributed by atoms with van der Waals surface area (Å²) in [6.45, 7) is 1.50. The minimum Gasteiger partial charge on any atom is -0.469 e. The number of thiocarbonyl (C=S) groups is 1. The van der Waals surface area contributed by atoms with Crippen molar-refractivity contribution >= 4 is 40.8 Å². The van der Waals surface area contributed by atoms with E-state index in [0.29, 0.717) is 11.3 Å². The topological polar surface area (TPSA) is 87.7 Å². The minimum atomic E-state index is -0.461. The zero-order chi connectivity index (χ0) is 19.6. The number of ether oxygens (including phenoxy) is 1. The van der Waals surface area contributed by atoms with Crippen molar-refractivity contribution in [3.8, 4) is 0 Å². The van der Waals surface area contributed by atoms with Crippen LogP contribution in [0.2, 0.25) is 0 Å². The van der Waals surface area contributed by atoms with Crippen molar-refractivity contribution in [1.29, 1.82) is 0 Å². The van der Waals surface area contributed by atoms with Gasteiger partial charge in [-0.2, -0.15) is 0 Å². The Morgan fingerprint density at radius 2 is 1.74 bits per heavy atom. The largest absolute Gasteiger partial charge is 0.469 e. The molecule has 0 radical (unpaired) electrons. The van der Waals surface area contributed by atoms with E-state index in [-0.39, 0.29) is 23.9 Å². The maximum Gasteiger partial charge on any atom is 0.306 e. The van der Waals surface area contributed by atoms with Crippen molar-refractivity contribution in [2.75, 3.05) is 25.5 Å². The van der Waals surface area contributed by atoms with Crippen LogP contribution >= 0.6 is 12.2 Å². The first kappa shape index (κ1) is 20.8. The number of hydrogen-bond donors (Lipinski definition) is 2. The summed E-state index contributed by atoms with van der Waals surface area (Å²) in [5.41, 5.74) is 1.07. The van der Waals surface area contributed by atoms with Gasteiger partial charge in [0.05, 0.1) is 24.8 Å². The van der Waals surface area contributed by atoms with Gasteiger partial charge in [-0.3, -0.25) is 14.4 Å². The molecule has 0 unspecified atom stereocenters. The lowest BCUT2D eigenvalue weighted by Crippen LogP contribution is -2.36. The van der Waals surface area contributed by atoms with E-state index in [1.807, 2.05) is 4.90 Å². The average molecular weight is 391 g/mol. The van der Waals surface area contributed by atoms with Crippen LogP contribution in [0.5, 0.6) is 0 Å². The number of methoxy groups -OCH3 is 1. The molecule has 2 amide bonds. The summed E-state index contributed by atoms with van der Waals surface area (Å²) in [6.07, 6.45) is 4.26. The van der Waals surface area contributed by atoms with Crippen LogP contribution in [-0.4, -0.2) is 48.0 Å². The van der Waals surface area contributed by atoms with Gasteiger partial charge in [0.25, 0.3) is 5.91 Å². The van der Waals surface area contributed by atoms with E-state index < -0.39 is 11.9 Å². The van der Waals surface area contributed by atoms with E-state index in [2.05, 4.69) is 15.4 Å². The number of anilines is 1. The number of amides is 2. The third-order valence-corrected chi connectivity index (χ3v) is 4.54. The van der Waals surface area contributed by atoms with Crippen molar-refractivity contribution in [2.45, 2.75) is 38.5 Å². The van der Waals surface area contributed by atoms with Crippen molar-refractivity contribution in [3.05, 3.63) is 29.8 Å². The highest BCUT2D eigenvalue weighted by Crippen LogP contribution is 2.20. The standard InChI is InChI=1S/C19H25N3O4S/c1-26-17(24)11-10-16(23)21-19(27)20-15-9-5-4-8-14(15)18(25)22-12-6-2-3-7-13-22/h4-5,8-9H,2-3,6-7,10-13H2,1H3,(H2,20,21,23,27). The molecular weight excluding hydrogens is 366 g/mol. The van der Waals surface area contributed by atoms with E-state index in [1.165, 1.54) is 7.11 Å². The van der Waals surface area contributed by atoms with Crippen LogP contribution in [-0.2, 0) is 14.3 Å². The third-order valence-electron chi connectivity index (χ3n) is 4.34. The molecule has 8 heteroatoms. The predicted molar refractivity (Wildman–Crippen MR) is 106 cm³/mol. The second-order valence-corrected chi connectivity index (χ2v) is 6.74. The molecule has 1 aliphatic rings. The van der Waals surface area contributed by atoms with Crippen LogP contribution in [0.15, 0.2) is 24.3 Å². The van der Waals surface area contributed by atoms with Crippen LogP contribution < -0.4 is 10.6 Å². The average Bonchev–Trinajstić information content (AvgIpc) is 2.95. The molecule has 0 bridgehead atoms. The van der Waals surface area contributed by atoms with Crippen LogP contribution in [0.4, 0.5) is 5.69 Å². The molecule has 0 spiro atoms. The smallest absolute Gasteiger partial charge is 0.306 e. The Hall–Kier alpha value is -2.48. The molecule has 27 heavy (non-hydrogen) atoms. The van der Waals surface area contributed by atoms with Gasteiger partial charge in [0, 0.05) is 19.5 Å². The number of rotatable bonds is 5. The van der Waals surface area contributed by atoms with E-state index in [1.54, 1.807) is 24.3 Å². The third kappa shape index (κ3) is 6.63. The minimum absolute atomic E-state index is 0.0189. The Morgan fingerprint density at radius 1 is 1.07 bits per heavy atom. The Kier molecular flexibility index (Phi) is 8.19. The normalized spacial score (nSPS) is 14.0. The monoisotopic (exact) mass is 391 g/mol. The molecule has 0 atom stereocenters. The predicted octanol–water partition coefficient (Wildman–Crippen LogP) is 2.47. The van der Waals surface area contributed by atoms with E-state index >= 15 is 0 Å². The Balaban J connectivity index is 1.98. The number of hydrogen-bond acceptors (Lipinski definition) is 5. The first-order valence-electron chi connectivity index (χ1n) is 9.07. The molecule has 1 heterocycles. The van der Waals surface area contributed by atoms with Gasteiger partial charge in [0.1, 0.15) is 0 Å². The van der Waals surface area contributed by atoms with Gasteiger partial charge >= 0.3 is 5.97 Å². The number of para-hydroxylation sites is 1. The fourth-order valence-electron chi connectivity index (χ4n) is 2.88. The van der Waals surface area contributed by atoms with Crippen molar-refractivity contribution in [2.24, 2.45) is 0 Å². The highest BCUT2D eigenvalue weighted by molar-refractivity contribution is 7.80. The van der Waals surface area contributed by atoms with Gasteiger partial charge in [-0.15, -0.1) is 0 Å². The van der Waals surface area contributed by atoms with Gasteiger partial charge in [-0.25, -0.2) is 0 Å². The Morgan fingerprint density at radius 3 is 2.41 bits per heavy atom. The summed E-state index contributed by atoms with van der Waals surface area (Å²) in [7, 11) is 1.27.